The molecule has 0 aliphatic rings. The summed E-state index contributed by atoms with van der Waals surface area (Å²) >= 11 is 4.69. The van der Waals surface area contributed by atoms with Crippen molar-refractivity contribution in [1.29, 1.82) is 0 Å². The van der Waals surface area contributed by atoms with Gasteiger partial charge in [0.1, 0.15) is 0 Å². The van der Waals surface area contributed by atoms with E-state index >= 15 is 0 Å². The molecule has 3 aromatic rings. The second kappa shape index (κ2) is 6.24. The molecule has 1 amide bonds. The van der Waals surface area contributed by atoms with Gasteiger partial charge in [0.25, 0.3) is 5.91 Å². The van der Waals surface area contributed by atoms with Gasteiger partial charge >= 0.3 is 0 Å². The van der Waals surface area contributed by atoms with E-state index in [9.17, 15) is 9.90 Å². The van der Waals surface area contributed by atoms with Gasteiger partial charge in [0.2, 0.25) is 0 Å². The summed E-state index contributed by atoms with van der Waals surface area (Å²) in [5.74, 6) is -0.171. The molecule has 0 radical (unpaired) electrons. The van der Waals surface area contributed by atoms with Gasteiger partial charge in [-0.2, -0.15) is 0 Å². The number of amides is 1. The molecule has 0 bridgehead atoms. The van der Waals surface area contributed by atoms with Crippen LogP contribution in [0.4, 0.5) is 0 Å². The van der Waals surface area contributed by atoms with E-state index in [-0.39, 0.29) is 12.5 Å². The minimum absolute atomic E-state index is 0.171. The van der Waals surface area contributed by atoms with Crippen molar-refractivity contribution >= 4 is 44.1 Å². The highest BCUT2D eigenvalue weighted by Gasteiger charge is 2.13. The molecule has 0 aliphatic heterocycles. The summed E-state index contributed by atoms with van der Waals surface area (Å²) < 4.78 is 2.92. The molecule has 0 unspecified atom stereocenters. The minimum atomic E-state index is -0.725. The zero-order valence-electron chi connectivity index (χ0n) is 11.9. The van der Waals surface area contributed by atoms with E-state index in [0.717, 1.165) is 20.9 Å². The lowest BCUT2D eigenvalue weighted by Crippen LogP contribution is -2.27. The zero-order valence-corrected chi connectivity index (χ0v) is 14.3. The maximum absolute atomic E-state index is 12.0. The van der Waals surface area contributed by atoms with Crippen molar-refractivity contribution in [2.75, 3.05) is 6.54 Å². The number of aliphatic hydroxyl groups is 1. The molecule has 4 nitrogen and oxygen atoms in total. The van der Waals surface area contributed by atoms with Crippen LogP contribution in [0.5, 0.6) is 0 Å². The molecule has 0 aliphatic carbocycles. The molecule has 3 rings (SSSR count). The molecule has 114 valence electrons. The number of carbonyl (C=O) groups excluding carboxylic acids is 1. The fraction of sp³-hybridized carbons (Fsp3) is 0.188. The summed E-state index contributed by atoms with van der Waals surface area (Å²) in [4.78, 5) is 12.6. The molecule has 1 aromatic carbocycles. The number of aromatic nitrogens is 1. The Labute approximate surface area is 140 Å². The van der Waals surface area contributed by atoms with Gasteiger partial charge in [0, 0.05) is 35.2 Å². The molecule has 2 heterocycles. The molecular formula is C16H15BrN2O2S. The average molecular weight is 379 g/mol. The third kappa shape index (κ3) is 3.09. The Bertz CT molecular complexity index is 825. The maximum Gasteiger partial charge on any atom is 0.261 e. The Morgan fingerprint density at radius 3 is 2.95 bits per heavy atom. The van der Waals surface area contributed by atoms with Crippen LogP contribution in [0.15, 0.2) is 46.4 Å². The first-order chi connectivity index (χ1) is 10.5. The first-order valence-electron chi connectivity index (χ1n) is 6.80. The molecule has 0 saturated carbocycles. The fourth-order valence-corrected chi connectivity index (χ4v) is 3.68. The van der Waals surface area contributed by atoms with E-state index in [1.54, 1.807) is 6.07 Å². The molecule has 0 saturated heterocycles. The zero-order chi connectivity index (χ0) is 15.7. The number of aryl methyl sites for hydroxylation is 1. The van der Waals surface area contributed by atoms with E-state index in [1.165, 1.54) is 11.3 Å². The van der Waals surface area contributed by atoms with Crippen molar-refractivity contribution in [3.8, 4) is 0 Å². The lowest BCUT2D eigenvalue weighted by Gasteiger charge is -2.12. The van der Waals surface area contributed by atoms with Gasteiger partial charge in [0.15, 0.2) is 0 Å². The van der Waals surface area contributed by atoms with Crippen molar-refractivity contribution in [2.24, 2.45) is 7.05 Å². The van der Waals surface area contributed by atoms with Gasteiger partial charge < -0.3 is 15.0 Å². The van der Waals surface area contributed by atoms with E-state index in [4.69, 9.17) is 0 Å². The topological polar surface area (TPSA) is 54.3 Å². The lowest BCUT2D eigenvalue weighted by molar-refractivity contribution is 0.0920. The van der Waals surface area contributed by atoms with Gasteiger partial charge in [0.05, 0.1) is 11.0 Å². The molecule has 6 heteroatoms. The largest absolute Gasteiger partial charge is 0.387 e. The molecule has 1 atom stereocenters. The van der Waals surface area contributed by atoms with Crippen LogP contribution >= 0.6 is 27.3 Å². The normalized spacial score (nSPS) is 12.5. The maximum atomic E-state index is 12.0. The summed E-state index contributed by atoms with van der Waals surface area (Å²) in [6.07, 6.45) is 1.26. The number of hydrogen-bond acceptors (Lipinski definition) is 3. The van der Waals surface area contributed by atoms with Crippen molar-refractivity contribution in [3.63, 3.8) is 0 Å². The predicted octanol–water partition coefficient (Wildman–Crippen LogP) is 3.47. The molecule has 22 heavy (non-hydrogen) atoms. The first-order valence-corrected chi connectivity index (χ1v) is 8.47. The number of carbonyl (C=O) groups is 1. The van der Waals surface area contributed by atoms with E-state index < -0.39 is 6.10 Å². The van der Waals surface area contributed by atoms with Crippen LogP contribution in [-0.2, 0) is 7.05 Å². The molecule has 0 fully saturated rings. The van der Waals surface area contributed by atoms with Gasteiger partial charge in [-0.1, -0.05) is 6.07 Å². The number of halogens is 1. The number of fused-ring (bicyclic) bond motifs is 1. The smallest absolute Gasteiger partial charge is 0.261 e. The number of nitrogens with zero attached hydrogens (tertiary/aromatic N) is 1. The average Bonchev–Trinajstić information content (AvgIpc) is 3.11. The highest BCUT2D eigenvalue weighted by Crippen LogP contribution is 2.22. The van der Waals surface area contributed by atoms with Crippen LogP contribution in [0.1, 0.15) is 21.3 Å². The standard InChI is InChI=1S/C16H15BrN2O2S/c1-19-5-4-10-6-11(2-3-13(10)19)14(20)8-18-16(21)15-7-12(17)9-22-15/h2-7,9,14,20H,8H2,1H3,(H,18,21)/t14-/m1/s1. The van der Waals surface area contributed by atoms with Gasteiger partial charge in [-0.15, -0.1) is 11.3 Å². The third-order valence-electron chi connectivity index (χ3n) is 3.54. The van der Waals surface area contributed by atoms with Crippen LogP contribution in [0, 0.1) is 0 Å². The molecule has 2 N–H and O–H groups in total. The van der Waals surface area contributed by atoms with Crippen LogP contribution in [-0.4, -0.2) is 22.1 Å². The highest BCUT2D eigenvalue weighted by atomic mass is 79.9. The van der Waals surface area contributed by atoms with E-state index in [2.05, 4.69) is 21.2 Å². The van der Waals surface area contributed by atoms with Gasteiger partial charge in [-0.05, 0) is 51.1 Å². The summed E-state index contributed by atoms with van der Waals surface area (Å²) in [6.45, 7) is 0.187. The number of rotatable bonds is 4. The van der Waals surface area contributed by atoms with Crippen LogP contribution in [0.3, 0.4) is 0 Å². The molecular weight excluding hydrogens is 364 g/mol. The van der Waals surface area contributed by atoms with Gasteiger partial charge in [-0.25, -0.2) is 0 Å². The van der Waals surface area contributed by atoms with Crippen molar-refractivity contribution in [1.82, 2.24) is 9.88 Å². The van der Waals surface area contributed by atoms with Crippen LogP contribution in [0.25, 0.3) is 10.9 Å². The summed E-state index contributed by atoms with van der Waals surface area (Å²) in [5.41, 5.74) is 1.91. The molecule has 2 aromatic heterocycles. The van der Waals surface area contributed by atoms with Crippen LogP contribution < -0.4 is 5.32 Å². The minimum Gasteiger partial charge on any atom is -0.387 e. The highest BCUT2D eigenvalue weighted by molar-refractivity contribution is 9.10. The second-order valence-electron chi connectivity index (χ2n) is 5.10. The Balaban J connectivity index is 1.67. The van der Waals surface area contributed by atoms with Gasteiger partial charge in [-0.3, -0.25) is 4.79 Å². The fourth-order valence-electron chi connectivity index (χ4n) is 2.33. The van der Waals surface area contributed by atoms with Crippen molar-refractivity contribution in [2.45, 2.75) is 6.10 Å². The summed E-state index contributed by atoms with van der Waals surface area (Å²) in [7, 11) is 1.98. The van der Waals surface area contributed by atoms with Crippen molar-refractivity contribution < 1.29 is 9.90 Å². The quantitative estimate of drug-likeness (QED) is 0.730. The number of aliphatic hydroxyl groups excluding tert-OH is 1. The SMILES string of the molecule is Cn1ccc2cc([C@H](O)CNC(=O)c3cc(Br)cs3)ccc21. The second-order valence-corrected chi connectivity index (χ2v) is 6.93. The van der Waals surface area contributed by atoms with E-state index in [1.807, 2.05) is 47.5 Å². The summed E-state index contributed by atoms with van der Waals surface area (Å²) in [5, 5.41) is 16.0. The number of hydrogen-bond donors (Lipinski definition) is 2. The molecule has 0 spiro atoms. The Morgan fingerprint density at radius 2 is 2.23 bits per heavy atom. The lowest BCUT2D eigenvalue weighted by atomic mass is 10.1. The number of benzene rings is 1. The van der Waals surface area contributed by atoms with Crippen LogP contribution in [0.2, 0.25) is 0 Å². The third-order valence-corrected chi connectivity index (χ3v) is 5.23. The Hall–Kier alpha value is -1.63. The monoisotopic (exact) mass is 378 g/mol. The first kappa shape index (κ1) is 15.3. The predicted molar refractivity (Wildman–Crippen MR) is 92.2 cm³/mol. The Morgan fingerprint density at radius 1 is 1.41 bits per heavy atom. The van der Waals surface area contributed by atoms with Crippen molar-refractivity contribution in [3.05, 3.63) is 56.8 Å². The van der Waals surface area contributed by atoms with E-state index in [0.29, 0.717) is 4.88 Å². The number of nitrogens with one attached hydrogen (secondary N) is 1. The Kier molecular flexibility index (Phi) is 4.33. The number of thiophene rings is 1. The summed E-state index contributed by atoms with van der Waals surface area (Å²) in [6, 6.07) is 9.59.